The van der Waals surface area contributed by atoms with E-state index in [0.717, 1.165) is 20.3 Å². The molecule has 0 heterocycles. The number of ether oxygens (including phenoxy) is 2. The molecule has 0 saturated heterocycles. The van der Waals surface area contributed by atoms with Crippen molar-refractivity contribution in [3.63, 3.8) is 0 Å². The Bertz CT molecular complexity index is 1120. The number of carbonyl (C=O) groups excluding carboxylic acids is 3. The van der Waals surface area contributed by atoms with Gasteiger partial charge in [-0.3, -0.25) is 9.52 Å². The Morgan fingerprint density at radius 2 is 1.48 bits per heavy atom. The number of methoxy groups -OCH3 is 2. The van der Waals surface area contributed by atoms with Crippen molar-refractivity contribution in [2.24, 2.45) is 5.41 Å². The molecule has 2 aromatic rings. The molecule has 0 saturated carbocycles. The lowest BCUT2D eigenvalue weighted by atomic mass is 9.95. The molecule has 0 aliphatic carbocycles. The van der Waals surface area contributed by atoms with Gasteiger partial charge >= 0.3 is 11.9 Å². The molecular formula is C21H24N2O7S. The first-order chi connectivity index (χ1) is 14.4. The number of amides is 1. The predicted octanol–water partition coefficient (Wildman–Crippen LogP) is 3.05. The van der Waals surface area contributed by atoms with Crippen LogP contribution < -0.4 is 10.0 Å². The third-order valence-electron chi connectivity index (χ3n) is 4.15. The number of esters is 2. The molecule has 166 valence electrons. The summed E-state index contributed by atoms with van der Waals surface area (Å²) in [4.78, 5) is 35.6. The molecule has 0 spiro atoms. The second-order valence-electron chi connectivity index (χ2n) is 7.58. The highest BCUT2D eigenvalue weighted by atomic mass is 32.2. The van der Waals surface area contributed by atoms with E-state index >= 15 is 0 Å². The fraction of sp³-hybridized carbons (Fsp3) is 0.286. The molecule has 0 aliphatic heterocycles. The van der Waals surface area contributed by atoms with Gasteiger partial charge in [0.05, 0.1) is 31.0 Å². The highest BCUT2D eigenvalue weighted by molar-refractivity contribution is 7.92. The average molecular weight is 448 g/mol. The highest BCUT2D eigenvalue weighted by Crippen LogP contribution is 2.25. The van der Waals surface area contributed by atoms with Crippen LogP contribution in [0.4, 0.5) is 11.4 Å². The van der Waals surface area contributed by atoms with Gasteiger partial charge in [-0.25, -0.2) is 18.0 Å². The maximum atomic E-state index is 13.0. The van der Waals surface area contributed by atoms with E-state index in [-0.39, 0.29) is 22.7 Å². The van der Waals surface area contributed by atoms with Gasteiger partial charge in [-0.05, 0) is 36.4 Å². The SMILES string of the molecule is COC(=O)c1ccc(C(=O)OC)c(S(=O)(=O)Nc2cccc(NC(=O)C(C)(C)C)c2)c1. The Morgan fingerprint density at radius 3 is 2.06 bits per heavy atom. The maximum absolute atomic E-state index is 13.0. The standard InChI is InChI=1S/C21H24N2O7S/c1-21(2,3)20(26)22-14-7-6-8-15(12-14)23-31(27,28)17-11-13(18(24)29-4)9-10-16(17)19(25)30-5/h6-12,23H,1-5H3,(H,22,26). The number of sulfonamides is 1. The highest BCUT2D eigenvalue weighted by Gasteiger charge is 2.26. The molecule has 31 heavy (non-hydrogen) atoms. The van der Waals surface area contributed by atoms with Gasteiger partial charge in [-0.1, -0.05) is 26.8 Å². The quantitative estimate of drug-likeness (QED) is 0.650. The normalized spacial score (nSPS) is 11.4. The van der Waals surface area contributed by atoms with Gasteiger partial charge in [0, 0.05) is 11.1 Å². The van der Waals surface area contributed by atoms with Crippen LogP contribution in [0.5, 0.6) is 0 Å². The van der Waals surface area contributed by atoms with Gasteiger partial charge in [0.15, 0.2) is 0 Å². The summed E-state index contributed by atoms with van der Waals surface area (Å²) in [7, 11) is -2.04. The molecule has 1 amide bonds. The number of hydrogen-bond donors (Lipinski definition) is 2. The summed E-state index contributed by atoms with van der Waals surface area (Å²) in [5, 5.41) is 2.71. The van der Waals surface area contributed by atoms with Crippen molar-refractivity contribution in [3.8, 4) is 0 Å². The minimum atomic E-state index is -4.31. The fourth-order valence-corrected chi connectivity index (χ4v) is 3.73. The number of anilines is 2. The first-order valence-corrected chi connectivity index (χ1v) is 10.6. The molecule has 0 radical (unpaired) electrons. The lowest BCUT2D eigenvalue weighted by Gasteiger charge is -2.18. The van der Waals surface area contributed by atoms with Crippen molar-refractivity contribution >= 4 is 39.2 Å². The van der Waals surface area contributed by atoms with Gasteiger partial charge < -0.3 is 14.8 Å². The molecule has 2 N–H and O–H groups in total. The minimum absolute atomic E-state index is 0.0540. The number of nitrogens with one attached hydrogen (secondary N) is 2. The predicted molar refractivity (Wildman–Crippen MR) is 114 cm³/mol. The summed E-state index contributed by atoms with van der Waals surface area (Å²) in [6.07, 6.45) is 0. The first-order valence-electron chi connectivity index (χ1n) is 9.14. The van der Waals surface area contributed by atoms with E-state index < -0.39 is 32.3 Å². The van der Waals surface area contributed by atoms with E-state index in [1.54, 1.807) is 32.9 Å². The lowest BCUT2D eigenvalue weighted by molar-refractivity contribution is -0.123. The van der Waals surface area contributed by atoms with Gasteiger partial charge in [-0.2, -0.15) is 0 Å². The van der Waals surface area contributed by atoms with Gasteiger partial charge in [-0.15, -0.1) is 0 Å². The van der Waals surface area contributed by atoms with Crippen molar-refractivity contribution in [1.29, 1.82) is 0 Å². The van der Waals surface area contributed by atoms with Crippen LogP contribution in [0.2, 0.25) is 0 Å². The Hall–Kier alpha value is -3.40. The summed E-state index contributed by atoms with van der Waals surface area (Å²) in [5.74, 6) is -1.89. The van der Waals surface area contributed by atoms with Gasteiger partial charge in [0.1, 0.15) is 4.90 Å². The van der Waals surface area contributed by atoms with E-state index in [2.05, 4.69) is 19.5 Å². The molecule has 2 rings (SSSR count). The summed E-state index contributed by atoms with van der Waals surface area (Å²) in [6.45, 7) is 5.24. The van der Waals surface area contributed by atoms with Crippen molar-refractivity contribution in [2.45, 2.75) is 25.7 Å². The third-order valence-corrected chi connectivity index (χ3v) is 5.57. The number of carbonyl (C=O) groups is 3. The smallest absolute Gasteiger partial charge is 0.339 e. The molecule has 0 bridgehead atoms. The zero-order valence-electron chi connectivity index (χ0n) is 17.8. The van der Waals surface area contributed by atoms with Crippen LogP contribution in [0.3, 0.4) is 0 Å². The van der Waals surface area contributed by atoms with Crippen LogP contribution in [0.15, 0.2) is 47.4 Å². The Kier molecular flexibility index (Phi) is 7.06. The fourth-order valence-electron chi connectivity index (χ4n) is 2.46. The summed E-state index contributed by atoms with van der Waals surface area (Å²) < 4.78 is 37.7. The molecule has 0 aromatic heterocycles. The number of hydrogen-bond acceptors (Lipinski definition) is 7. The Morgan fingerprint density at radius 1 is 0.871 bits per heavy atom. The Balaban J connectivity index is 2.44. The minimum Gasteiger partial charge on any atom is -0.465 e. The van der Waals surface area contributed by atoms with Crippen molar-refractivity contribution in [1.82, 2.24) is 0 Å². The number of benzene rings is 2. The molecule has 2 aromatic carbocycles. The number of rotatable bonds is 6. The zero-order valence-corrected chi connectivity index (χ0v) is 18.6. The van der Waals surface area contributed by atoms with E-state index in [0.29, 0.717) is 5.69 Å². The Labute approximate surface area is 180 Å². The van der Waals surface area contributed by atoms with Crippen LogP contribution in [-0.2, 0) is 24.3 Å². The largest absolute Gasteiger partial charge is 0.465 e. The summed E-state index contributed by atoms with van der Waals surface area (Å²) >= 11 is 0. The topological polar surface area (TPSA) is 128 Å². The van der Waals surface area contributed by atoms with Crippen molar-refractivity contribution in [2.75, 3.05) is 24.3 Å². The summed E-state index contributed by atoms with van der Waals surface area (Å²) in [5.41, 5.74) is -0.414. The van der Waals surface area contributed by atoms with Crippen LogP contribution in [0, 0.1) is 5.41 Å². The van der Waals surface area contributed by atoms with E-state index in [1.807, 2.05) is 0 Å². The zero-order chi connectivity index (χ0) is 23.4. The maximum Gasteiger partial charge on any atom is 0.339 e. The monoisotopic (exact) mass is 448 g/mol. The third kappa shape index (κ3) is 5.82. The van der Waals surface area contributed by atoms with Crippen LogP contribution >= 0.6 is 0 Å². The molecule has 0 fully saturated rings. The van der Waals surface area contributed by atoms with Crippen molar-refractivity contribution in [3.05, 3.63) is 53.6 Å². The summed E-state index contributed by atoms with van der Waals surface area (Å²) in [6, 6.07) is 9.55. The van der Waals surface area contributed by atoms with Gasteiger partial charge in [0.25, 0.3) is 10.0 Å². The van der Waals surface area contributed by atoms with E-state index in [1.165, 1.54) is 24.3 Å². The van der Waals surface area contributed by atoms with E-state index in [9.17, 15) is 22.8 Å². The molecule has 0 atom stereocenters. The first kappa shape index (κ1) is 23.9. The van der Waals surface area contributed by atoms with Gasteiger partial charge in [0.2, 0.25) is 5.91 Å². The van der Waals surface area contributed by atoms with Crippen LogP contribution in [0.1, 0.15) is 41.5 Å². The van der Waals surface area contributed by atoms with Crippen LogP contribution in [0.25, 0.3) is 0 Å². The van der Waals surface area contributed by atoms with Crippen molar-refractivity contribution < 1.29 is 32.3 Å². The van der Waals surface area contributed by atoms with E-state index in [4.69, 9.17) is 0 Å². The van der Waals surface area contributed by atoms with Crippen LogP contribution in [-0.4, -0.2) is 40.5 Å². The molecule has 0 unspecified atom stereocenters. The second kappa shape index (κ2) is 9.17. The lowest BCUT2D eigenvalue weighted by Crippen LogP contribution is -2.27. The molecule has 10 heteroatoms. The molecule has 9 nitrogen and oxygen atoms in total. The second-order valence-corrected chi connectivity index (χ2v) is 9.24. The molecule has 0 aliphatic rings. The average Bonchev–Trinajstić information content (AvgIpc) is 2.71. The molecular weight excluding hydrogens is 424 g/mol.